The van der Waals surface area contributed by atoms with Crippen LogP contribution in [-0.2, 0) is 25.7 Å². The van der Waals surface area contributed by atoms with Crippen molar-refractivity contribution in [2.75, 3.05) is 28.3 Å². The van der Waals surface area contributed by atoms with E-state index in [-0.39, 0.29) is 60.9 Å². The van der Waals surface area contributed by atoms with Gasteiger partial charge in [0.25, 0.3) is 0 Å². The van der Waals surface area contributed by atoms with Gasteiger partial charge in [0.15, 0.2) is 23.0 Å². The number of halogens is 2. The van der Waals surface area contributed by atoms with Crippen LogP contribution in [0.2, 0.25) is 0 Å². The molecule has 44 heavy (non-hydrogen) atoms. The fourth-order valence-electron chi connectivity index (χ4n) is 3.20. The Morgan fingerprint density at radius 1 is 0.727 bits per heavy atom. The number of aromatic nitrogens is 6. The molecule has 0 aliphatic heterocycles. The Morgan fingerprint density at radius 3 is 1.43 bits per heavy atom. The van der Waals surface area contributed by atoms with Crippen molar-refractivity contribution in [3.05, 3.63) is 11.6 Å². The normalized spacial score (nSPS) is 10.9. The Bertz CT molecular complexity index is 1130. The molecule has 15 heteroatoms. The highest BCUT2D eigenvalue weighted by Crippen LogP contribution is 2.24. The van der Waals surface area contributed by atoms with Crippen molar-refractivity contribution >= 4 is 35.7 Å². The van der Waals surface area contributed by atoms with Crippen LogP contribution in [0.15, 0.2) is 0 Å². The number of carbonyl (C=O) groups excluding carboxylic acids is 2. The van der Waals surface area contributed by atoms with Gasteiger partial charge in [-0.05, 0) is 60.3 Å². The molecule has 0 aromatic carbocycles. The van der Waals surface area contributed by atoms with E-state index in [1.165, 1.54) is 41.5 Å². The van der Waals surface area contributed by atoms with Gasteiger partial charge >= 0.3 is 5.97 Å². The summed E-state index contributed by atoms with van der Waals surface area (Å²) in [5.74, 6) is 0.230. The van der Waals surface area contributed by atoms with Crippen molar-refractivity contribution in [3.8, 4) is 0 Å². The van der Waals surface area contributed by atoms with Crippen LogP contribution in [0.3, 0.4) is 0 Å². The number of esters is 1. The standard InChI is InChI=1S/C13H22FN5O.C11H20FN5.C4H8O2.CH4/c1-6-9(7-2)16-12-18-10(13(4,5)14)17-11(19-12)15-8(3)20;1-5-7(6-2)14-10-16-8(11(3,4)12)15-9(13)17-10;1-3-6-4(2)5;/h9H,6-7H2,1-5H3,(H2,15,16,17,18,19,20);7H,5-6H2,1-4H3,(H3,13,14,15,16,17);3H2,1-2H3;1H4. The molecule has 0 aliphatic carbocycles. The monoisotopic (exact) mass is 628 g/mol. The molecule has 0 saturated carbocycles. The topological polar surface area (TPSA) is 183 Å². The Kier molecular flexibility index (Phi) is 19.5. The summed E-state index contributed by atoms with van der Waals surface area (Å²) in [6, 6.07) is 0.450. The minimum absolute atomic E-state index is 0. The summed E-state index contributed by atoms with van der Waals surface area (Å²) >= 11 is 0. The number of hydrogen-bond acceptors (Lipinski definition) is 12. The van der Waals surface area contributed by atoms with Gasteiger partial charge in [0.05, 0.1) is 6.61 Å². The van der Waals surface area contributed by atoms with E-state index >= 15 is 0 Å². The first-order valence-electron chi connectivity index (χ1n) is 14.5. The van der Waals surface area contributed by atoms with Gasteiger partial charge in [0, 0.05) is 25.9 Å². The maximum atomic E-state index is 14.0. The van der Waals surface area contributed by atoms with Gasteiger partial charge in [0.1, 0.15) is 0 Å². The molecule has 2 aromatic rings. The minimum Gasteiger partial charge on any atom is -0.466 e. The molecule has 252 valence electrons. The second-order valence-corrected chi connectivity index (χ2v) is 10.5. The Balaban J connectivity index is 0. The molecule has 2 rings (SSSR count). The van der Waals surface area contributed by atoms with Gasteiger partial charge in [0.2, 0.25) is 29.7 Å². The largest absolute Gasteiger partial charge is 0.466 e. The predicted molar refractivity (Wildman–Crippen MR) is 172 cm³/mol. The summed E-state index contributed by atoms with van der Waals surface area (Å²) in [6.07, 6.45) is 3.67. The summed E-state index contributed by atoms with van der Waals surface area (Å²) in [6.45, 7) is 18.7. The highest BCUT2D eigenvalue weighted by Gasteiger charge is 2.26. The van der Waals surface area contributed by atoms with Crippen LogP contribution in [0.1, 0.15) is 121 Å². The molecule has 1 amide bonds. The number of hydrogen-bond donors (Lipinski definition) is 4. The van der Waals surface area contributed by atoms with Gasteiger partial charge in [-0.1, -0.05) is 35.1 Å². The molecular formula is C29H54F2N10O3. The number of amides is 1. The quantitative estimate of drug-likeness (QED) is 0.198. The summed E-state index contributed by atoms with van der Waals surface area (Å²) < 4.78 is 32.2. The highest BCUT2D eigenvalue weighted by molar-refractivity contribution is 5.86. The van der Waals surface area contributed by atoms with E-state index in [1.807, 2.05) is 13.8 Å². The zero-order valence-corrected chi connectivity index (χ0v) is 27.4. The number of anilines is 4. The number of nitrogens with one attached hydrogen (secondary N) is 3. The zero-order valence-electron chi connectivity index (χ0n) is 27.4. The minimum atomic E-state index is -1.71. The maximum absolute atomic E-state index is 14.0. The second kappa shape index (κ2) is 20.2. The fourth-order valence-corrected chi connectivity index (χ4v) is 3.20. The van der Waals surface area contributed by atoms with E-state index in [2.05, 4.69) is 64.4 Å². The molecule has 0 fully saturated rings. The lowest BCUT2D eigenvalue weighted by molar-refractivity contribution is -0.140. The molecule has 0 radical (unpaired) electrons. The van der Waals surface area contributed by atoms with Gasteiger partial charge in [-0.3, -0.25) is 14.9 Å². The molecule has 13 nitrogen and oxygen atoms in total. The highest BCUT2D eigenvalue weighted by atomic mass is 19.1. The molecule has 0 saturated heterocycles. The zero-order chi connectivity index (χ0) is 33.4. The number of nitrogens with two attached hydrogens (primary N) is 1. The van der Waals surface area contributed by atoms with Crippen LogP contribution in [0.4, 0.5) is 32.6 Å². The number of ether oxygens (including phenoxy) is 1. The van der Waals surface area contributed by atoms with Crippen molar-refractivity contribution in [1.82, 2.24) is 29.9 Å². The SMILES string of the molecule is C.CCC(CC)Nc1nc(N)nc(C(C)(C)F)n1.CCC(CC)Nc1nc(NC(C)=O)nc(C(C)(C)F)n1.CCOC(C)=O. The molecule has 5 N–H and O–H groups in total. The lowest BCUT2D eigenvalue weighted by atomic mass is 10.1. The molecule has 0 unspecified atom stereocenters. The fraction of sp³-hybridized carbons (Fsp3) is 0.724. The van der Waals surface area contributed by atoms with Crippen LogP contribution in [0, 0.1) is 0 Å². The van der Waals surface area contributed by atoms with E-state index in [9.17, 15) is 18.4 Å². The molecule has 0 aliphatic rings. The number of nitrogen functional groups attached to an aromatic ring is 1. The Labute approximate surface area is 261 Å². The van der Waals surface area contributed by atoms with E-state index in [4.69, 9.17) is 5.73 Å². The first kappa shape index (κ1) is 42.4. The molecule has 0 atom stereocenters. The number of carbonyl (C=O) groups is 2. The lowest BCUT2D eigenvalue weighted by Gasteiger charge is -2.18. The number of nitrogens with zero attached hydrogens (tertiary/aromatic N) is 6. The van der Waals surface area contributed by atoms with Crippen LogP contribution < -0.4 is 21.7 Å². The van der Waals surface area contributed by atoms with Gasteiger partial charge in [-0.2, -0.15) is 29.9 Å². The molecule has 0 bridgehead atoms. The third-order valence-corrected chi connectivity index (χ3v) is 5.62. The second-order valence-electron chi connectivity index (χ2n) is 10.5. The molecule has 2 heterocycles. The third kappa shape index (κ3) is 17.4. The first-order valence-corrected chi connectivity index (χ1v) is 14.5. The van der Waals surface area contributed by atoms with Crippen molar-refractivity contribution in [1.29, 1.82) is 0 Å². The van der Waals surface area contributed by atoms with Crippen molar-refractivity contribution in [3.63, 3.8) is 0 Å². The van der Waals surface area contributed by atoms with Crippen molar-refractivity contribution in [2.24, 2.45) is 0 Å². The summed E-state index contributed by atoms with van der Waals surface area (Å²) in [5, 5.41) is 8.71. The molecular weight excluding hydrogens is 574 g/mol. The predicted octanol–water partition coefficient (Wildman–Crippen LogP) is 6.10. The lowest BCUT2D eigenvalue weighted by Crippen LogP contribution is -2.23. The summed E-state index contributed by atoms with van der Waals surface area (Å²) in [4.78, 5) is 44.8. The van der Waals surface area contributed by atoms with Crippen molar-refractivity contribution < 1.29 is 23.1 Å². The van der Waals surface area contributed by atoms with Crippen LogP contribution >= 0.6 is 0 Å². The van der Waals surface area contributed by atoms with E-state index < -0.39 is 11.3 Å². The Morgan fingerprint density at radius 2 is 1.11 bits per heavy atom. The van der Waals surface area contributed by atoms with Gasteiger partial charge in [-0.15, -0.1) is 0 Å². The number of alkyl halides is 2. The van der Waals surface area contributed by atoms with Crippen molar-refractivity contribution in [2.45, 2.75) is 133 Å². The average Bonchev–Trinajstić information content (AvgIpc) is 2.89. The molecule has 2 aromatic heterocycles. The third-order valence-electron chi connectivity index (χ3n) is 5.62. The van der Waals surface area contributed by atoms with Crippen LogP contribution in [-0.4, -0.2) is 60.5 Å². The van der Waals surface area contributed by atoms with Crippen LogP contribution in [0.5, 0.6) is 0 Å². The number of rotatable bonds is 12. The average molecular weight is 629 g/mol. The van der Waals surface area contributed by atoms with E-state index in [0.717, 1.165) is 25.7 Å². The first-order chi connectivity index (χ1) is 19.9. The van der Waals surface area contributed by atoms with Gasteiger partial charge in [-0.25, -0.2) is 8.78 Å². The van der Waals surface area contributed by atoms with Gasteiger partial charge < -0.3 is 21.1 Å². The smallest absolute Gasteiger partial charge is 0.302 e. The van der Waals surface area contributed by atoms with E-state index in [1.54, 1.807) is 6.92 Å². The molecule has 0 spiro atoms. The van der Waals surface area contributed by atoms with E-state index in [0.29, 0.717) is 12.6 Å². The summed E-state index contributed by atoms with van der Waals surface area (Å²) in [5.41, 5.74) is 2.21. The maximum Gasteiger partial charge on any atom is 0.302 e. The van der Waals surface area contributed by atoms with Crippen LogP contribution in [0.25, 0.3) is 0 Å². The Hall–Kier alpha value is -3.78. The summed E-state index contributed by atoms with van der Waals surface area (Å²) in [7, 11) is 0.